The van der Waals surface area contributed by atoms with E-state index in [2.05, 4.69) is 20.9 Å². The molecule has 250 valence electrons. The smallest absolute Gasteiger partial charge is 0.333 e. The molecule has 7 N–H and O–H groups in total. The number of nitrogens with one attached hydrogen (secondary N) is 2. The van der Waals surface area contributed by atoms with Crippen molar-refractivity contribution in [3.05, 3.63) is 72.1 Å². The van der Waals surface area contributed by atoms with Crippen molar-refractivity contribution in [1.82, 2.24) is 25.6 Å². The highest BCUT2D eigenvalue weighted by atomic mass is 16.5. The number of rotatable bonds is 17. The number of carbonyl (C=O) groups is 3. The van der Waals surface area contributed by atoms with E-state index in [1.165, 1.54) is 25.6 Å². The molecule has 2 amide bonds. The number of nitrogens with zero attached hydrogens (tertiary/aromatic N) is 3. The van der Waals surface area contributed by atoms with Crippen LogP contribution in [0.15, 0.2) is 60.8 Å². The van der Waals surface area contributed by atoms with E-state index in [4.69, 9.17) is 10.5 Å². The van der Waals surface area contributed by atoms with Crippen LogP contribution in [0.25, 0.3) is 11.1 Å². The molecular weight excluding hydrogens is 592 g/mol. The zero-order valence-corrected chi connectivity index (χ0v) is 26.8. The van der Waals surface area contributed by atoms with E-state index in [0.29, 0.717) is 24.2 Å². The van der Waals surface area contributed by atoms with E-state index in [1.54, 1.807) is 25.3 Å². The van der Waals surface area contributed by atoms with E-state index < -0.39 is 53.6 Å². The summed E-state index contributed by atoms with van der Waals surface area (Å²) in [5.41, 5.74) is 7.02. The molecule has 0 radical (unpaired) electrons. The molecule has 2 aromatic carbocycles. The van der Waals surface area contributed by atoms with Gasteiger partial charge in [-0.25, -0.2) is 9.48 Å². The quantitative estimate of drug-likeness (QED) is 0.0920. The number of nitrogens with two attached hydrogens (primary N) is 1. The molecule has 5 unspecified atom stereocenters. The molecule has 0 saturated heterocycles. The van der Waals surface area contributed by atoms with Crippen LogP contribution in [0, 0.1) is 5.92 Å². The highest BCUT2D eigenvalue weighted by Gasteiger charge is 2.44. The highest BCUT2D eigenvalue weighted by molar-refractivity contribution is 5.94. The van der Waals surface area contributed by atoms with Crippen molar-refractivity contribution in [1.29, 1.82) is 0 Å². The van der Waals surface area contributed by atoms with Gasteiger partial charge < -0.3 is 36.4 Å². The second-order valence-electron chi connectivity index (χ2n) is 11.7. The topological polar surface area (TPSA) is 202 Å². The standard InChI is InChI=1S/C33H46N6O7/c1-21(30(43)28(42)19-35-31(44)25-15-13-24(14-16-25)23-10-6-5-7-11-23)29(36-22(2)40)27(41)18-33(3,32(45)46-4)39-20-26(37-38-39)12-8-9-17-34/h5-7,10-11,13-16,20-21,27-30,41-43H,8-9,12,17-19,34H2,1-4H3,(H,35,44)(H,36,40)/t21?,27?,28-,29?,30?,33?/m1/s1. The minimum Gasteiger partial charge on any atom is -0.467 e. The Labute approximate surface area is 269 Å². The number of ether oxygens (including phenoxy) is 1. The van der Waals surface area contributed by atoms with Crippen molar-refractivity contribution < 1.29 is 34.4 Å². The van der Waals surface area contributed by atoms with E-state index in [0.717, 1.165) is 24.0 Å². The molecule has 0 aliphatic rings. The van der Waals surface area contributed by atoms with Crippen LogP contribution in [0.4, 0.5) is 0 Å². The molecule has 0 saturated carbocycles. The number of hydrogen-bond acceptors (Lipinski definition) is 10. The third-order valence-electron chi connectivity index (χ3n) is 8.18. The summed E-state index contributed by atoms with van der Waals surface area (Å²) in [6, 6.07) is 15.6. The third-order valence-corrected chi connectivity index (χ3v) is 8.18. The Morgan fingerprint density at radius 1 is 1.00 bits per heavy atom. The van der Waals surface area contributed by atoms with Gasteiger partial charge in [0, 0.05) is 37.6 Å². The maximum Gasteiger partial charge on any atom is 0.333 e. The molecule has 0 bridgehead atoms. The molecule has 46 heavy (non-hydrogen) atoms. The molecule has 13 nitrogen and oxygen atoms in total. The Balaban J connectivity index is 1.68. The number of hydrogen-bond donors (Lipinski definition) is 6. The SMILES string of the molecule is COC(=O)C(C)(CC(O)C(NC(C)=O)C(C)C(O)[C@H](O)CNC(=O)c1ccc(-c2ccccc2)cc1)n1cc(CCCCN)nn1. The first kappa shape index (κ1) is 36.3. The average Bonchev–Trinajstić information content (AvgIpc) is 3.55. The van der Waals surface area contributed by atoms with Crippen molar-refractivity contribution in [3.63, 3.8) is 0 Å². The number of benzene rings is 2. The molecule has 0 spiro atoms. The first-order valence-corrected chi connectivity index (χ1v) is 15.4. The summed E-state index contributed by atoms with van der Waals surface area (Å²) in [6.07, 6.45) is -0.783. The predicted octanol–water partition coefficient (Wildman–Crippen LogP) is 1.16. The summed E-state index contributed by atoms with van der Waals surface area (Å²) >= 11 is 0. The first-order chi connectivity index (χ1) is 21.9. The molecule has 13 heteroatoms. The third kappa shape index (κ3) is 9.42. The van der Waals surface area contributed by atoms with Crippen LogP contribution in [-0.4, -0.2) is 92.7 Å². The number of aromatic nitrogens is 3. The molecular formula is C33H46N6O7. The molecule has 0 fully saturated rings. The van der Waals surface area contributed by atoms with Gasteiger partial charge in [-0.1, -0.05) is 54.6 Å². The lowest BCUT2D eigenvalue weighted by Gasteiger charge is -2.37. The Morgan fingerprint density at radius 3 is 2.26 bits per heavy atom. The number of unbranched alkanes of at least 4 members (excludes halogenated alkanes) is 1. The van der Waals surface area contributed by atoms with Crippen molar-refractivity contribution in [2.24, 2.45) is 11.7 Å². The van der Waals surface area contributed by atoms with Gasteiger partial charge in [-0.2, -0.15) is 0 Å². The van der Waals surface area contributed by atoms with Gasteiger partial charge in [0.25, 0.3) is 5.91 Å². The maximum atomic E-state index is 13.0. The van der Waals surface area contributed by atoms with Crippen molar-refractivity contribution in [2.45, 2.75) is 76.3 Å². The molecule has 6 atom stereocenters. The zero-order chi connectivity index (χ0) is 33.9. The fraction of sp³-hybridized carbons (Fsp3) is 0.485. The van der Waals surface area contributed by atoms with E-state index in [9.17, 15) is 29.7 Å². The second kappa shape index (κ2) is 16.9. The van der Waals surface area contributed by atoms with E-state index in [1.807, 2.05) is 42.5 Å². The molecule has 0 aliphatic carbocycles. The number of esters is 1. The molecule has 3 aromatic rings. The fourth-order valence-electron chi connectivity index (χ4n) is 5.37. The number of carbonyl (C=O) groups excluding carboxylic acids is 3. The number of amides is 2. The van der Waals surface area contributed by atoms with Crippen LogP contribution in [0.5, 0.6) is 0 Å². The van der Waals surface area contributed by atoms with Gasteiger partial charge in [0.05, 0.1) is 37.2 Å². The predicted molar refractivity (Wildman–Crippen MR) is 171 cm³/mol. The Bertz CT molecular complexity index is 1420. The monoisotopic (exact) mass is 638 g/mol. The molecule has 0 aliphatic heterocycles. The van der Waals surface area contributed by atoms with Gasteiger partial charge in [-0.3, -0.25) is 9.59 Å². The zero-order valence-electron chi connectivity index (χ0n) is 26.8. The lowest BCUT2D eigenvalue weighted by Crippen LogP contribution is -2.56. The van der Waals surface area contributed by atoms with Gasteiger partial charge in [0.15, 0.2) is 5.54 Å². The number of aliphatic hydroxyl groups is 3. The van der Waals surface area contributed by atoms with Crippen LogP contribution in [0.3, 0.4) is 0 Å². The number of aryl methyl sites for hydroxylation is 1. The number of aliphatic hydroxyl groups excluding tert-OH is 3. The van der Waals surface area contributed by atoms with Crippen LogP contribution < -0.4 is 16.4 Å². The van der Waals surface area contributed by atoms with Gasteiger partial charge in [-0.05, 0) is 56.0 Å². The van der Waals surface area contributed by atoms with Gasteiger partial charge >= 0.3 is 5.97 Å². The maximum absolute atomic E-state index is 13.0. The van der Waals surface area contributed by atoms with Crippen molar-refractivity contribution >= 4 is 17.8 Å². The van der Waals surface area contributed by atoms with E-state index in [-0.39, 0.29) is 13.0 Å². The Morgan fingerprint density at radius 2 is 1.65 bits per heavy atom. The van der Waals surface area contributed by atoms with Crippen LogP contribution in [-0.2, 0) is 26.3 Å². The molecule has 1 aromatic heterocycles. The normalized spacial score (nSPS) is 15.9. The Kier molecular flexibility index (Phi) is 13.4. The van der Waals surface area contributed by atoms with E-state index >= 15 is 0 Å². The lowest BCUT2D eigenvalue weighted by atomic mass is 9.83. The summed E-state index contributed by atoms with van der Waals surface area (Å²) in [5.74, 6) is -2.55. The molecule has 1 heterocycles. The minimum atomic E-state index is -1.52. The Hall–Kier alpha value is -4.17. The summed E-state index contributed by atoms with van der Waals surface area (Å²) in [7, 11) is 1.21. The van der Waals surface area contributed by atoms with Crippen molar-refractivity contribution in [2.75, 3.05) is 20.2 Å². The van der Waals surface area contributed by atoms with Crippen LogP contribution >= 0.6 is 0 Å². The number of methoxy groups -OCH3 is 1. The van der Waals surface area contributed by atoms with Crippen LogP contribution in [0.1, 0.15) is 56.1 Å². The van der Waals surface area contributed by atoms with Gasteiger partial charge in [0.1, 0.15) is 0 Å². The summed E-state index contributed by atoms with van der Waals surface area (Å²) < 4.78 is 6.36. The summed E-state index contributed by atoms with van der Waals surface area (Å²) in [4.78, 5) is 37.9. The highest BCUT2D eigenvalue weighted by Crippen LogP contribution is 2.28. The van der Waals surface area contributed by atoms with Gasteiger partial charge in [0.2, 0.25) is 5.91 Å². The van der Waals surface area contributed by atoms with Crippen LogP contribution in [0.2, 0.25) is 0 Å². The second-order valence-corrected chi connectivity index (χ2v) is 11.7. The average molecular weight is 639 g/mol. The lowest BCUT2D eigenvalue weighted by molar-refractivity contribution is -0.153. The molecule has 3 rings (SSSR count). The fourth-order valence-corrected chi connectivity index (χ4v) is 5.37. The summed E-state index contributed by atoms with van der Waals surface area (Å²) in [5, 5.41) is 46.8. The van der Waals surface area contributed by atoms with Gasteiger partial charge in [-0.15, -0.1) is 5.10 Å². The minimum absolute atomic E-state index is 0.265. The largest absolute Gasteiger partial charge is 0.467 e. The van der Waals surface area contributed by atoms with Crippen molar-refractivity contribution in [3.8, 4) is 11.1 Å². The summed E-state index contributed by atoms with van der Waals surface area (Å²) in [6.45, 7) is 4.58. The first-order valence-electron chi connectivity index (χ1n) is 15.4.